The van der Waals surface area contributed by atoms with Crippen LogP contribution in [0.3, 0.4) is 0 Å². The minimum Gasteiger partial charge on any atom is -0.336 e. The number of rotatable bonds is 8. The van der Waals surface area contributed by atoms with Crippen LogP contribution >= 0.6 is 11.3 Å². The fourth-order valence-electron chi connectivity index (χ4n) is 2.75. The Morgan fingerprint density at radius 3 is 2.18 bits per heavy atom. The first-order chi connectivity index (χ1) is 15.5. The van der Waals surface area contributed by atoms with E-state index in [2.05, 4.69) is 10.6 Å². The molecule has 0 aliphatic heterocycles. The van der Waals surface area contributed by atoms with Gasteiger partial charge in [0.2, 0.25) is 10.0 Å². The number of hydrogen-bond donors (Lipinski definition) is 3. The molecule has 2 aromatic carbocycles. The molecule has 1 heterocycles. The number of sulfonamides is 1. The van der Waals surface area contributed by atoms with Gasteiger partial charge in [0.15, 0.2) is 0 Å². The Kier molecular flexibility index (Phi) is 7.51. The molecule has 0 bridgehead atoms. The third-order valence-electron chi connectivity index (χ3n) is 4.31. The van der Waals surface area contributed by atoms with Crippen LogP contribution in [-0.2, 0) is 14.8 Å². The summed E-state index contributed by atoms with van der Waals surface area (Å²) in [5, 5.41) is 6.98. The lowest BCUT2D eigenvalue weighted by Gasteiger charge is -2.19. The first-order valence-electron chi connectivity index (χ1n) is 9.42. The van der Waals surface area contributed by atoms with Gasteiger partial charge in [-0.05, 0) is 41.3 Å². The summed E-state index contributed by atoms with van der Waals surface area (Å²) in [6.45, 7) is -1.70. The minimum atomic E-state index is -4.69. The van der Waals surface area contributed by atoms with Crippen molar-refractivity contribution >= 4 is 38.9 Å². The van der Waals surface area contributed by atoms with Gasteiger partial charge in [0, 0.05) is 5.69 Å². The third kappa shape index (κ3) is 6.88. The molecule has 2 amide bonds. The van der Waals surface area contributed by atoms with E-state index in [0.717, 1.165) is 12.1 Å². The number of carbonyl (C=O) groups excluding carboxylic acids is 2. The van der Waals surface area contributed by atoms with Crippen LogP contribution in [0.25, 0.3) is 0 Å². The number of benzene rings is 2. The SMILES string of the molecule is O=C(NC(C(=O)Nc1ccc(S(=O)(=O)NCC(F)(F)F)cc1)c1ccccc1)c1cccs1. The second-order valence-electron chi connectivity index (χ2n) is 6.75. The molecule has 0 saturated heterocycles. The summed E-state index contributed by atoms with van der Waals surface area (Å²) >= 11 is 1.22. The lowest BCUT2D eigenvalue weighted by Crippen LogP contribution is -2.36. The van der Waals surface area contributed by atoms with E-state index >= 15 is 0 Å². The van der Waals surface area contributed by atoms with E-state index < -0.39 is 45.5 Å². The van der Waals surface area contributed by atoms with E-state index in [1.807, 2.05) is 0 Å². The second kappa shape index (κ2) is 10.1. The van der Waals surface area contributed by atoms with Crippen molar-refractivity contribution in [1.82, 2.24) is 10.0 Å². The van der Waals surface area contributed by atoms with E-state index in [1.165, 1.54) is 28.2 Å². The van der Waals surface area contributed by atoms with Crippen LogP contribution in [0.1, 0.15) is 21.3 Å². The van der Waals surface area contributed by atoms with Crippen molar-refractivity contribution in [2.75, 3.05) is 11.9 Å². The fourth-order valence-corrected chi connectivity index (χ4v) is 4.39. The molecule has 33 heavy (non-hydrogen) atoms. The van der Waals surface area contributed by atoms with E-state index in [0.29, 0.717) is 10.4 Å². The highest BCUT2D eigenvalue weighted by molar-refractivity contribution is 7.89. The Hall–Kier alpha value is -3.22. The molecule has 0 saturated carbocycles. The van der Waals surface area contributed by atoms with Crippen molar-refractivity contribution in [2.45, 2.75) is 17.1 Å². The predicted octanol–water partition coefficient (Wildman–Crippen LogP) is 3.70. The van der Waals surface area contributed by atoms with E-state index in [4.69, 9.17) is 0 Å². The molecule has 3 aromatic rings. The van der Waals surface area contributed by atoms with Crippen LogP contribution in [-0.4, -0.2) is 33.0 Å². The van der Waals surface area contributed by atoms with Crippen LogP contribution in [0.2, 0.25) is 0 Å². The minimum absolute atomic E-state index is 0.195. The highest BCUT2D eigenvalue weighted by atomic mass is 32.2. The molecule has 1 unspecified atom stereocenters. The Morgan fingerprint density at radius 1 is 0.939 bits per heavy atom. The van der Waals surface area contributed by atoms with E-state index in [-0.39, 0.29) is 5.69 Å². The quantitative estimate of drug-likeness (QED) is 0.442. The van der Waals surface area contributed by atoms with Crippen molar-refractivity contribution in [3.63, 3.8) is 0 Å². The molecule has 0 aliphatic carbocycles. The predicted molar refractivity (Wildman–Crippen MR) is 117 cm³/mol. The maximum absolute atomic E-state index is 12.9. The first kappa shape index (κ1) is 24.4. The van der Waals surface area contributed by atoms with Crippen LogP contribution in [0.5, 0.6) is 0 Å². The number of anilines is 1. The molecule has 0 spiro atoms. The van der Waals surface area contributed by atoms with Gasteiger partial charge in [-0.25, -0.2) is 13.1 Å². The van der Waals surface area contributed by atoms with E-state index in [9.17, 15) is 31.2 Å². The fraction of sp³-hybridized carbons (Fsp3) is 0.143. The van der Waals surface area contributed by atoms with Crippen LogP contribution in [0, 0.1) is 0 Å². The van der Waals surface area contributed by atoms with Crippen LogP contribution < -0.4 is 15.4 Å². The number of hydrogen-bond acceptors (Lipinski definition) is 5. The van der Waals surface area contributed by atoms with Crippen LogP contribution in [0.15, 0.2) is 77.0 Å². The number of halogens is 3. The molecule has 174 valence electrons. The monoisotopic (exact) mass is 497 g/mol. The third-order valence-corrected chi connectivity index (χ3v) is 6.60. The Labute approximate surface area is 191 Å². The summed E-state index contributed by atoms with van der Waals surface area (Å²) in [7, 11) is -4.38. The number of nitrogens with one attached hydrogen (secondary N) is 3. The largest absolute Gasteiger partial charge is 0.402 e. The average Bonchev–Trinajstić information content (AvgIpc) is 3.32. The van der Waals surface area contributed by atoms with Gasteiger partial charge in [-0.2, -0.15) is 13.2 Å². The zero-order valence-electron chi connectivity index (χ0n) is 16.8. The smallest absolute Gasteiger partial charge is 0.336 e. The second-order valence-corrected chi connectivity index (χ2v) is 9.46. The summed E-state index contributed by atoms with van der Waals surface area (Å²) in [5.41, 5.74) is 0.719. The molecule has 1 atom stereocenters. The summed E-state index contributed by atoms with van der Waals surface area (Å²) in [6, 6.07) is 15.4. The lowest BCUT2D eigenvalue weighted by atomic mass is 10.1. The van der Waals surface area contributed by atoms with Gasteiger partial charge in [0.25, 0.3) is 11.8 Å². The van der Waals surface area contributed by atoms with Gasteiger partial charge in [0.1, 0.15) is 12.6 Å². The topological polar surface area (TPSA) is 104 Å². The molecule has 1 aromatic heterocycles. The van der Waals surface area contributed by atoms with Crippen molar-refractivity contribution in [3.8, 4) is 0 Å². The maximum atomic E-state index is 12.9. The molecule has 3 N–H and O–H groups in total. The van der Waals surface area contributed by atoms with E-state index in [1.54, 1.807) is 47.8 Å². The number of carbonyl (C=O) groups is 2. The van der Waals surface area contributed by atoms with Gasteiger partial charge in [0.05, 0.1) is 9.77 Å². The van der Waals surface area contributed by atoms with Gasteiger partial charge in [-0.15, -0.1) is 11.3 Å². The molecule has 0 aliphatic rings. The number of thiophene rings is 1. The Balaban J connectivity index is 1.74. The average molecular weight is 498 g/mol. The Bertz CT molecular complexity index is 1200. The summed E-state index contributed by atoms with van der Waals surface area (Å²) < 4.78 is 62.4. The molecular weight excluding hydrogens is 479 g/mol. The zero-order chi connectivity index (χ0) is 24.1. The molecule has 3 rings (SSSR count). The van der Waals surface area contributed by atoms with Crippen LogP contribution in [0.4, 0.5) is 18.9 Å². The summed E-state index contributed by atoms with van der Waals surface area (Å²) in [6.07, 6.45) is -4.69. The zero-order valence-corrected chi connectivity index (χ0v) is 18.4. The summed E-state index contributed by atoms with van der Waals surface area (Å²) in [5.74, 6) is -1.02. The van der Waals surface area contributed by atoms with Crippen molar-refractivity contribution < 1.29 is 31.2 Å². The van der Waals surface area contributed by atoms with Gasteiger partial charge >= 0.3 is 6.18 Å². The van der Waals surface area contributed by atoms with Crippen molar-refractivity contribution in [1.29, 1.82) is 0 Å². The van der Waals surface area contributed by atoms with Crippen molar-refractivity contribution in [3.05, 3.63) is 82.6 Å². The molecule has 12 heteroatoms. The highest BCUT2D eigenvalue weighted by Crippen LogP contribution is 2.20. The maximum Gasteiger partial charge on any atom is 0.402 e. The summed E-state index contributed by atoms with van der Waals surface area (Å²) in [4.78, 5) is 25.5. The normalized spacial score (nSPS) is 12.7. The molecule has 0 radical (unpaired) electrons. The molecular formula is C21H18F3N3O4S2. The highest BCUT2D eigenvalue weighted by Gasteiger charge is 2.30. The number of amides is 2. The van der Waals surface area contributed by atoms with Gasteiger partial charge in [-0.3, -0.25) is 9.59 Å². The number of alkyl halides is 3. The first-order valence-corrected chi connectivity index (χ1v) is 11.8. The Morgan fingerprint density at radius 2 is 1.61 bits per heavy atom. The van der Waals surface area contributed by atoms with Gasteiger partial charge < -0.3 is 10.6 Å². The molecule has 0 fully saturated rings. The van der Waals surface area contributed by atoms with Gasteiger partial charge in [-0.1, -0.05) is 36.4 Å². The lowest BCUT2D eigenvalue weighted by molar-refractivity contribution is -0.121. The standard InChI is InChI=1S/C21H18F3N3O4S2/c22-21(23,24)13-25-33(30,31)16-10-8-15(9-11-16)26-20(29)18(14-5-2-1-3-6-14)27-19(28)17-7-4-12-32-17/h1-12,18,25H,13H2,(H,26,29)(H,27,28). The van der Waals surface area contributed by atoms with Crippen molar-refractivity contribution in [2.24, 2.45) is 0 Å². The molecule has 7 nitrogen and oxygen atoms in total.